The third kappa shape index (κ3) is 3.28. The van der Waals surface area contributed by atoms with Gasteiger partial charge in [0.15, 0.2) is 0 Å². The summed E-state index contributed by atoms with van der Waals surface area (Å²) in [6.45, 7) is 3.71. The van der Waals surface area contributed by atoms with Gasteiger partial charge < -0.3 is 0 Å². The van der Waals surface area contributed by atoms with Crippen molar-refractivity contribution in [1.29, 1.82) is 0 Å². The predicted octanol–water partition coefficient (Wildman–Crippen LogP) is 3.70. The molecule has 0 spiro atoms. The first-order valence-electron chi connectivity index (χ1n) is 6.88. The lowest BCUT2D eigenvalue weighted by atomic mass is 10.2. The number of benzene rings is 2. The Bertz CT molecular complexity index is 986. The SMILES string of the molecule is Cc1nc2ccc(S(=O)(=O)Nc3ccc(Cl)cc3)cc2nc1C. The minimum Gasteiger partial charge on any atom is -0.280 e. The summed E-state index contributed by atoms with van der Waals surface area (Å²) in [5, 5.41) is 0.541. The van der Waals surface area contributed by atoms with Crippen LogP contribution in [0.3, 0.4) is 0 Å². The normalized spacial score (nSPS) is 11.6. The molecular weight excluding hydrogens is 334 g/mol. The number of hydrogen-bond acceptors (Lipinski definition) is 4. The highest BCUT2D eigenvalue weighted by Crippen LogP contribution is 2.21. The zero-order valence-electron chi connectivity index (χ0n) is 12.5. The highest BCUT2D eigenvalue weighted by molar-refractivity contribution is 7.92. The Labute approximate surface area is 139 Å². The van der Waals surface area contributed by atoms with Gasteiger partial charge in [0, 0.05) is 10.7 Å². The van der Waals surface area contributed by atoms with E-state index in [-0.39, 0.29) is 4.90 Å². The molecule has 7 heteroatoms. The minimum absolute atomic E-state index is 0.137. The van der Waals surface area contributed by atoms with Crippen LogP contribution in [-0.4, -0.2) is 18.4 Å². The lowest BCUT2D eigenvalue weighted by molar-refractivity contribution is 0.601. The summed E-state index contributed by atoms with van der Waals surface area (Å²) < 4.78 is 27.5. The summed E-state index contributed by atoms with van der Waals surface area (Å²) in [6.07, 6.45) is 0. The molecular formula is C16H14ClN3O2S. The van der Waals surface area contributed by atoms with Crippen LogP contribution in [0.4, 0.5) is 5.69 Å². The summed E-state index contributed by atoms with van der Waals surface area (Å²) in [6, 6.07) is 11.2. The first kappa shape index (κ1) is 15.7. The van der Waals surface area contributed by atoms with Crippen molar-refractivity contribution >= 4 is 38.3 Å². The van der Waals surface area contributed by atoms with Crippen LogP contribution in [0.1, 0.15) is 11.4 Å². The smallest absolute Gasteiger partial charge is 0.261 e. The summed E-state index contributed by atoms with van der Waals surface area (Å²) in [7, 11) is -3.70. The fraction of sp³-hybridized carbons (Fsp3) is 0.125. The zero-order chi connectivity index (χ0) is 16.6. The lowest BCUT2D eigenvalue weighted by Gasteiger charge is -2.09. The van der Waals surface area contributed by atoms with Crippen molar-refractivity contribution in [2.45, 2.75) is 18.7 Å². The predicted molar refractivity (Wildman–Crippen MR) is 91.3 cm³/mol. The Morgan fingerprint density at radius 2 is 1.52 bits per heavy atom. The molecule has 0 unspecified atom stereocenters. The van der Waals surface area contributed by atoms with Gasteiger partial charge in [-0.2, -0.15) is 0 Å². The van der Waals surface area contributed by atoms with Crippen LogP contribution in [0.15, 0.2) is 47.4 Å². The van der Waals surface area contributed by atoms with Crippen LogP contribution < -0.4 is 4.72 Å². The molecule has 1 N–H and O–H groups in total. The molecule has 0 bridgehead atoms. The van der Waals surface area contributed by atoms with Crippen LogP contribution in [0.5, 0.6) is 0 Å². The fourth-order valence-corrected chi connectivity index (χ4v) is 3.31. The number of nitrogens with zero attached hydrogens (tertiary/aromatic N) is 2. The molecule has 0 saturated heterocycles. The largest absolute Gasteiger partial charge is 0.280 e. The molecule has 118 valence electrons. The number of halogens is 1. The quantitative estimate of drug-likeness (QED) is 0.784. The van der Waals surface area contributed by atoms with Crippen molar-refractivity contribution in [3.63, 3.8) is 0 Å². The van der Waals surface area contributed by atoms with Crippen LogP contribution in [0.25, 0.3) is 11.0 Å². The van der Waals surface area contributed by atoms with Crippen molar-refractivity contribution in [2.24, 2.45) is 0 Å². The van der Waals surface area contributed by atoms with Crippen molar-refractivity contribution < 1.29 is 8.42 Å². The Morgan fingerprint density at radius 3 is 2.17 bits per heavy atom. The van der Waals surface area contributed by atoms with E-state index < -0.39 is 10.0 Å². The third-order valence-electron chi connectivity index (χ3n) is 3.45. The number of fused-ring (bicyclic) bond motifs is 1. The maximum absolute atomic E-state index is 12.5. The molecule has 0 aliphatic rings. The Kier molecular flexibility index (Phi) is 3.95. The number of hydrogen-bond donors (Lipinski definition) is 1. The van der Waals surface area contributed by atoms with E-state index in [1.165, 1.54) is 12.1 Å². The molecule has 3 rings (SSSR count). The summed E-state index contributed by atoms with van der Waals surface area (Å²) in [5.41, 5.74) is 3.26. The summed E-state index contributed by atoms with van der Waals surface area (Å²) in [4.78, 5) is 8.93. The van der Waals surface area contributed by atoms with Gasteiger partial charge in [0.1, 0.15) is 0 Å². The maximum atomic E-state index is 12.5. The van der Waals surface area contributed by atoms with E-state index in [1.807, 2.05) is 13.8 Å². The third-order valence-corrected chi connectivity index (χ3v) is 5.08. The van der Waals surface area contributed by atoms with Crippen molar-refractivity contribution in [2.75, 3.05) is 4.72 Å². The molecule has 0 fully saturated rings. The number of aryl methyl sites for hydroxylation is 2. The molecule has 5 nitrogen and oxygen atoms in total. The van der Waals surface area contributed by atoms with E-state index in [2.05, 4.69) is 14.7 Å². The number of sulfonamides is 1. The molecule has 23 heavy (non-hydrogen) atoms. The second-order valence-electron chi connectivity index (χ2n) is 5.16. The average molecular weight is 348 g/mol. The fourth-order valence-electron chi connectivity index (χ4n) is 2.11. The van der Waals surface area contributed by atoms with Gasteiger partial charge >= 0.3 is 0 Å². The van der Waals surface area contributed by atoms with Gasteiger partial charge in [0.25, 0.3) is 10.0 Å². The lowest BCUT2D eigenvalue weighted by Crippen LogP contribution is -2.13. The van der Waals surface area contributed by atoms with Crippen molar-refractivity contribution in [1.82, 2.24) is 9.97 Å². The topological polar surface area (TPSA) is 72.0 Å². The van der Waals surface area contributed by atoms with Gasteiger partial charge in [-0.3, -0.25) is 4.72 Å². The van der Waals surface area contributed by atoms with E-state index >= 15 is 0 Å². The Balaban J connectivity index is 2.00. The second-order valence-corrected chi connectivity index (χ2v) is 7.28. The van der Waals surface area contributed by atoms with E-state index in [0.29, 0.717) is 21.7 Å². The maximum Gasteiger partial charge on any atom is 0.261 e. The van der Waals surface area contributed by atoms with Gasteiger partial charge in [0.2, 0.25) is 0 Å². The van der Waals surface area contributed by atoms with Crippen molar-refractivity contribution in [3.05, 3.63) is 58.9 Å². The number of rotatable bonds is 3. The summed E-state index contributed by atoms with van der Waals surface area (Å²) >= 11 is 5.80. The molecule has 0 atom stereocenters. The monoisotopic (exact) mass is 347 g/mol. The van der Waals surface area contributed by atoms with E-state index in [1.54, 1.807) is 30.3 Å². The molecule has 1 heterocycles. The van der Waals surface area contributed by atoms with Crippen molar-refractivity contribution in [3.8, 4) is 0 Å². The number of aromatic nitrogens is 2. The van der Waals surface area contributed by atoms with Crippen LogP contribution >= 0.6 is 11.6 Å². The first-order valence-corrected chi connectivity index (χ1v) is 8.75. The average Bonchev–Trinajstić information content (AvgIpc) is 2.50. The number of anilines is 1. The summed E-state index contributed by atoms with van der Waals surface area (Å²) in [5.74, 6) is 0. The molecule has 1 aromatic heterocycles. The number of nitrogens with one attached hydrogen (secondary N) is 1. The molecule has 0 radical (unpaired) electrons. The van der Waals surface area contributed by atoms with Crippen LogP contribution in [0, 0.1) is 13.8 Å². The molecule has 0 saturated carbocycles. The first-order chi connectivity index (χ1) is 10.8. The second kappa shape index (κ2) is 5.79. The van der Waals surface area contributed by atoms with E-state index in [9.17, 15) is 8.42 Å². The standard InChI is InChI=1S/C16H14ClN3O2S/c1-10-11(2)19-16-9-14(7-8-15(16)18-10)23(21,22)20-13-5-3-12(17)4-6-13/h3-9,20H,1-2H3. The molecule has 2 aromatic carbocycles. The Morgan fingerprint density at radius 1 is 0.913 bits per heavy atom. The minimum atomic E-state index is -3.70. The molecule has 3 aromatic rings. The Hall–Kier alpha value is -2.18. The van der Waals surface area contributed by atoms with E-state index in [4.69, 9.17) is 11.6 Å². The van der Waals surface area contributed by atoms with Gasteiger partial charge in [0.05, 0.1) is 27.3 Å². The van der Waals surface area contributed by atoms with Crippen LogP contribution in [-0.2, 0) is 10.0 Å². The van der Waals surface area contributed by atoms with Gasteiger partial charge in [-0.1, -0.05) is 11.6 Å². The van der Waals surface area contributed by atoms with Gasteiger partial charge in [-0.25, -0.2) is 18.4 Å². The van der Waals surface area contributed by atoms with Gasteiger partial charge in [-0.15, -0.1) is 0 Å². The molecule has 0 amide bonds. The molecule has 0 aliphatic heterocycles. The van der Waals surface area contributed by atoms with Crippen LogP contribution in [0.2, 0.25) is 5.02 Å². The van der Waals surface area contributed by atoms with Gasteiger partial charge in [-0.05, 0) is 56.3 Å². The molecule has 0 aliphatic carbocycles. The zero-order valence-corrected chi connectivity index (χ0v) is 14.1. The highest BCUT2D eigenvalue weighted by Gasteiger charge is 2.15. The highest BCUT2D eigenvalue weighted by atomic mass is 35.5. The van der Waals surface area contributed by atoms with E-state index in [0.717, 1.165) is 11.4 Å².